The molecule has 2 atom stereocenters. The average molecular weight is 368 g/mol. The van der Waals surface area contributed by atoms with E-state index in [1.807, 2.05) is 65.3 Å². The van der Waals surface area contributed by atoms with Gasteiger partial charge in [-0.05, 0) is 26.0 Å². The summed E-state index contributed by atoms with van der Waals surface area (Å²) in [5.74, 6) is -0.0365. The predicted molar refractivity (Wildman–Crippen MR) is 101 cm³/mol. The molecule has 4 rings (SSSR count). The first-order valence-electron chi connectivity index (χ1n) is 8.60. The van der Waals surface area contributed by atoms with Gasteiger partial charge in [0.2, 0.25) is 0 Å². The van der Waals surface area contributed by atoms with E-state index in [9.17, 15) is 4.79 Å². The maximum absolute atomic E-state index is 12.8. The van der Waals surface area contributed by atoms with Gasteiger partial charge in [-0.25, -0.2) is 9.67 Å². The van der Waals surface area contributed by atoms with E-state index in [0.29, 0.717) is 18.8 Å². The summed E-state index contributed by atoms with van der Waals surface area (Å²) in [6.45, 7) is 5.14. The number of morpholine rings is 1. The lowest BCUT2D eigenvalue weighted by Crippen LogP contribution is -2.50. The Morgan fingerprint density at radius 1 is 1.27 bits per heavy atom. The first kappa shape index (κ1) is 16.9. The zero-order valence-corrected chi connectivity index (χ0v) is 15.5. The van der Waals surface area contributed by atoms with E-state index in [4.69, 9.17) is 4.74 Å². The highest BCUT2D eigenvalue weighted by molar-refractivity contribution is 7.13. The van der Waals surface area contributed by atoms with Gasteiger partial charge in [-0.15, -0.1) is 11.3 Å². The second kappa shape index (κ2) is 7.01. The molecule has 0 N–H and O–H groups in total. The van der Waals surface area contributed by atoms with Crippen molar-refractivity contribution in [2.24, 2.45) is 0 Å². The van der Waals surface area contributed by atoms with Crippen LogP contribution in [0.2, 0.25) is 0 Å². The maximum Gasteiger partial charge on any atom is 0.273 e. The predicted octanol–water partition coefficient (Wildman–Crippen LogP) is 3.25. The largest absolute Gasteiger partial charge is 0.375 e. The van der Waals surface area contributed by atoms with Crippen LogP contribution in [0, 0.1) is 0 Å². The normalized spacial score (nSPS) is 20.3. The summed E-state index contributed by atoms with van der Waals surface area (Å²) in [7, 11) is 0. The van der Waals surface area contributed by atoms with Crippen LogP contribution in [0.4, 0.5) is 0 Å². The van der Waals surface area contributed by atoms with E-state index >= 15 is 0 Å². The summed E-state index contributed by atoms with van der Waals surface area (Å²) in [6, 6.07) is 9.97. The molecule has 2 unspecified atom stereocenters. The number of rotatable bonds is 3. The third-order valence-corrected chi connectivity index (χ3v) is 5.33. The van der Waals surface area contributed by atoms with Crippen molar-refractivity contribution >= 4 is 17.2 Å². The zero-order chi connectivity index (χ0) is 18.1. The van der Waals surface area contributed by atoms with Crippen molar-refractivity contribution < 1.29 is 9.53 Å². The van der Waals surface area contributed by atoms with Crippen LogP contribution in [0.25, 0.3) is 16.3 Å². The standard InChI is InChI=1S/C19H20N4O2S/c1-13-11-25-14(2)9-22(13)19(24)17-12-26-18(21-17)15-8-20-23(10-15)16-6-4-3-5-7-16/h3-8,10,12-14H,9,11H2,1-2H3. The van der Waals surface area contributed by atoms with Crippen molar-refractivity contribution in [1.82, 2.24) is 19.7 Å². The molecule has 7 heteroatoms. The molecule has 3 heterocycles. The Labute approximate surface area is 156 Å². The number of thiazole rings is 1. The SMILES string of the molecule is CC1CN(C(=O)c2csc(-c3cnn(-c4ccccc4)c3)n2)C(C)CO1. The van der Waals surface area contributed by atoms with Gasteiger partial charge in [0, 0.05) is 23.7 Å². The molecule has 6 nitrogen and oxygen atoms in total. The summed E-state index contributed by atoms with van der Waals surface area (Å²) < 4.78 is 7.41. The third kappa shape index (κ3) is 3.27. The quantitative estimate of drug-likeness (QED) is 0.712. The monoisotopic (exact) mass is 368 g/mol. The highest BCUT2D eigenvalue weighted by Gasteiger charge is 2.29. The van der Waals surface area contributed by atoms with E-state index in [1.165, 1.54) is 11.3 Å². The minimum absolute atomic E-state index is 0.0365. The number of hydrogen-bond acceptors (Lipinski definition) is 5. The molecule has 3 aromatic rings. The summed E-state index contributed by atoms with van der Waals surface area (Å²) in [6.07, 6.45) is 3.76. The number of amides is 1. The molecule has 0 radical (unpaired) electrons. The molecule has 2 aromatic heterocycles. The van der Waals surface area contributed by atoms with Crippen LogP contribution in [-0.2, 0) is 4.74 Å². The second-order valence-electron chi connectivity index (χ2n) is 6.50. The molecule has 1 fully saturated rings. The van der Waals surface area contributed by atoms with Crippen LogP contribution in [0.1, 0.15) is 24.3 Å². The van der Waals surface area contributed by atoms with Gasteiger partial charge >= 0.3 is 0 Å². The third-order valence-electron chi connectivity index (χ3n) is 4.44. The molecule has 134 valence electrons. The minimum Gasteiger partial charge on any atom is -0.375 e. The van der Waals surface area contributed by atoms with Gasteiger partial charge in [0.25, 0.3) is 5.91 Å². The van der Waals surface area contributed by atoms with E-state index < -0.39 is 0 Å². The molecule has 0 saturated carbocycles. The number of ether oxygens (including phenoxy) is 1. The molecular weight excluding hydrogens is 348 g/mol. The van der Waals surface area contributed by atoms with Crippen molar-refractivity contribution in [3.63, 3.8) is 0 Å². The van der Waals surface area contributed by atoms with Crippen molar-refractivity contribution in [2.45, 2.75) is 26.0 Å². The van der Waals surface area contributed by atoms with E-state index in [0.717, 1.165) is 16.3 Å². The van der Waals surface area contributed by atoms with Gasteiger partial charge in [-0.1, -0.05) is 18.2 Å². The summed E-state index contributed by atoms with van der Waals surface area (Å²) in [4.78, 5) is 19.2. The van der Waals surface area contributed by atoms with Gasteiger partial charge in [0.05, 0.1) is 30.6 Å². The Bertz CT molecular complexity index is 905. The molecule has 1 saturated heterocycles. The smallest absolute Gasteiger partial charge is 0.273 e. The molecule has 1 aliphatic rings. The zero-order valence-electron chi connectivity index (χ0n) is 14.7. The summed E-state index contributed by atoms with van der Waals surface area (Å²) >= 11 is 1.46. The average Bonchev–Trinajstić information content (AvgIpc) is 3.33. The summed E-state index contributed by atoms with van der Waals surface area (Å²) in [5, 5.41) is 7.02. The molecule has 0 spiro atoms. The van der Waals surface area contributed by atoms with Crippen molar-refractivity contribution in [3.05, 3.63) is 53.8 Å². The molecule has 0 aliphatic carbocycles. The Morgan fingerprint density at radius 3 is 2.88 bits per heavy atom. The number of hydrogen-bond donors (Lipinski definition) is 0. The fourth-order valence-corrected chi connectivity index (χ4v) is 3.76. The fourth-order valence-electron chi connectivity index (χ4n) is 2.99. The first-order valence-corrected chi connectivity index (χ1v) is 9.48. The van der Waals surface area contributed by atoms with Crippen LogP contribution >= 0.6 is 11.3 Å². The van der Waals surface area contributed by atoms with Gasteiger partial charge in [0.1, 0.15) is 10.7 Å². The Kier molecular flexibility index (Phi) is 4.57. The van der Waals surface area contributed by atoms with Crippen molar-refractivity contribution in [2.75, 3.05) is 13.2 Å². The lowest BCUT2D eigenvalue weighted by Gasteiger charge is -2.36. The topological polar surface area (TPSA) is 60.2 Å². The number of carbonyl (C=O) groups is 1. The Morgan fingerprint density at radius 2 is 2.08 bits per heavy atom. The summed E-state index contributed by atoms with van der Waals surface area (Å²) in [5.41, 5.74) is 2.38. The van der Waals surface area contributed by atoms with E-state index in [2.05, 4.69) is 10.1 Å². The molecular formula is C19H20N4O2S. The minimum atomic E-state index is -0.0365. The molecule has 0 bridgehead atoms. The number of aromatic nitrogens is 3. The van der Waals surface area contributed by atoms with Crippen molar-refractivity contribution in [3.8, 4) is 16.3 Å². The van der Waals surface area contributed by atoms with Crippen LogP contribution < -0.4 is 0 Å². The van der Waals surface area contributed by atoms with Crippen LogP contribution in [0.3, 0.4) is 0 Å². The highest BCUT2D eigenvalue weighted by Crippen LogP contribution is 2.25. The van der Waals surface area contributed by atoms with Crippen LogP contribution in [0.5, 0.6) is 0 Å². The fraction of sp³-hybridized carbons (Fsp3) is 0.316. The number of nitrogens with zero attached hydrogens (tertiary/aromatic N) is 4. The van der Waals surface area contributed by atoms with Gasteiger partial charge in [-0.3, -0.25) is 4.79 Å². The number of carbonyl (C=O) groups excluding carboxylic acids is 1. The maximum atomic E-state index is 12.8. The lowest BCUT2D eigenvalue weighted by atomic mass is 10.2. The van der Waals surface area contributed by atoms with Gasteiger partial charge < -0.3 is 9.64 Å². The molecule has 26 heavy (non-hydrogen) atoms. The molecule has 1 aliphatic heterocycles. The van der Waals surface area contributed by atoms with Gasteiger partial charge in [0.15, 0.2) is 0 Å². The van der Waals surface area contributed by atoms with Crippen molar-refractivity contribution in [1.29, 1.82) is 0 Å². The Balaban J connectivity index is 1.55. The van der Waals surface area contributed by atoms with Crippen LogP contribution in [-0.4, -0.2) is 50.9 Å². The Hall–Kier alpha value is -2.51. The second-order valence-corrected chi connectivity index (χ2v) is 7.36. The number of benzene rings is 1. The highest BCUT2D eigenvalue weighted by atomic mass is 32.1. The first-order chi connectivity index (χ1) is 12.6. The van der Waals surface area contributed by atoms with Crippen LogP contribution in [0.15, 0.2) is 48.1 Å². The molecule has 1 amide bonds. The van der Waals surface area contributed by atoms with Gasteiger partial charge in [-0.2, -0.15) is 5.10 Å². The van der Waals surface area contributed by atoms with E-state index in [1.54, 1.807) is 6.20 Å². The lowest BCUT2D eigenvalue weighted by molar-refractivity contribution is -0.0388. The number of para-hydroxylation sites is 1. The molecule has 1 aromatic carbocycles. The van der Waals surface area contributed by atoms with E-state index in [-0.39, 0.29) is 18.1 Å².